The fraction of sp³-hybridized carbons (Fsp3) is 0.333. The maximum absolute atomic E-state index is 12.2. The van der Waals surface area contributed by atoms with E-state index in [-0.39, 0.29) is 12.5 Å². The number of nitrogens with zero attached hydrogens (tertiary/aromatic N) is 2. The molecule has 1 aromatic carbocycles. The number of hydrogen-bond donors (Lipinski definition) is 2. The minimum atomic E-state index is -0.690. The number of aromatic nitrogens is 2. The second-order valence-corrected chi connectivity index (χ2v) is 6.00. The van der Waals surface area contributed by atoms with Crippen molar-refractivity contribution in [2.45, 2.75) is 26.3 Å². The molecule has 2 rings (SSSR count). The van der Waals surface area contributed by atoms with Gasteiger partial charge >= 0.3 is 0 Å². The van der Waals surface area contributed by atoms with Crippen LogP contribution in [0.5, 0.6) is 0 Å². The minimum absolute atomic E-state index is 0.146. The van der Waals surface area contributed by atoms with Crippen molar-refractivity contribution < 1.29 is 9.90 Å². The molecule has 112 valence electrons. The molecule has 0 saturated carbocycles. The summed E-state index contributed by atoms with van der Waals surface area (Å²) in [7, 11) is 0. The molecule has 5 nitrogen and oxygen atoms in total. The summed E-state index contributed by atoms with van der Waals surface area (Å²) in [6.07, 6.45) is 0. The number of rotatable bonds is 4. The third-order valence-electron chi connectivity index (χ3n) is 3.02. The Kier molecular flexibility index (Phi) is 4.34. The van der Waals surface area contributed by atoms with E-state index in [4.69, 9.17) is 11.6 Å². The van der Waals surface area contributed by atoms with E-state index in [1.165, 1.54) is 0 Å². The van der Waals surface area contributed by atoms with Crippen molar-refractivity contribution in [2.24, 2.45) is 0 Å². The van der Waals surface area contributed by atoms with Gasteiger partial charge in [0.15, 0.2) is 5.69 Å². The van der Waals surface area contributed by atoms with E-state index < -0.39 is 5.54 Å². The Labute approximate surface area is 128 Å². The van der Waals surface area contributed by atoms with Gasteiger partial charge < -0.3 is 10.4 Å². The maximum atomic E-state index is 12.2. The molecular weight excluding hydrogens is 290 g/mol. The monoisotopic (exact) mass is 307 g/mol. The van der Waals surface area contributed by atoms with Gasteiger partial charge in [-0.1, -0.05) is 17.7 Å². The molecule has 0 aliphatic rings. The zero-order chi connectivity index (χ0) is 15.6. The third-order valence-corrected chi connectivity index (χ3v) is 3.26. The average Bonchev–Trinajstić information content (AvgIpc) is 2.80. The first-order valence-corrected chi connectivity index (χ1v) is 6.96. The standard InChI is InChI=1S/C15H18ClN3O2/c1-10-7-13(14(21)17-15(2,3)9-20)18-19(10)12-6-4-5-11(16)8-12/h4-8,20H,9H2,1-3H3,(H,17,21). The van der Waals surface area contributed by atoms with E-state index in [1.54, 1.807) is 36.7 Å². The van der Waals surface area contributed by atoms with Gasteiger partial charge in [0.1, 0.15) is 0 Å². The number of amides is 1. The first-order valence-electron chi connectivity index (χ1n) is 6.58. The van der Waals surface area contributed by atoms with E-state index in [9.17, 15) is 9.90 Å². The quantitative estimate of drug-likeness (QED) is 0.911. The number of benzene rings is 1. The predicted octanol–water partition coefficient (Wildman–Crippen LogP) is 2.33. The van der Waals surface area contributed by atoms with Crippen LogP contribution in [0.4, 0.5) is 0 Å². The number of carbonyl (C=O) groups excluding carboxylic acids is 1. The molecule has 2 N–H and O–H groups in total. The topological polar surface area (TPSA) is 67.2 Å². The molecule has 0 aliphatic heterocycles. The normalized spacial score (nSPS) is 11.5. The Morgan fingerprint density at radius 1 is 1.43 bits per heavy atom. The summed E-state index contributed by atoms with van der Waals surface area (Å²) in [6.45, 7) is 5.20. The lowest BCUT2D eigenvalue weighted by Gasteiger charge is -2.22. The molecule has 0 bridgehead atoms. The van der Waals surface area contributed by atoms with Gasteiger partial charge in [0.25, 0.3) is 5.91 Å². The first-order chi connectivity index (χ1) is 9.82. The summed E-state index contributed by atoms with van der Waals surface area (Å²) in [5.74, 6) is -0.321. The van der Waals surface area contributed by atoms with Gasteiger partial charge in [0, 0.05) is 10.7 Å². The molecule has 0 spiro atoms. The van der Waals surface area contributed by atoms with Crippen molar-refractivity contribution in [3.63, 3.8) is 0 Å². The number of halogens is 1. The number of nitrogens with one attached hydrogen (secondary N) is 1. The van der Waals surface area contributed by atoms with Crippen LogP contribution in [0, 0.1) is 6.92 Å². The van der Waals surface area contributed by atoms with Crippen LogP contribution in [0.1, 0.15) is 30.0 Å². The summed E-state index contributed by atoms with van der Waals surface area (Å²) in [5, 5.41) is 16.8. The van der Waals surface area contributed by atoms with Gasteiger partial charge in [0.2, 0.25) is 0 Å². The van der Waals surface area contributed by atoms with E-state index in [0.717, 1.165) is 11.4 Å². The Hall–Kier alpha value is -1.85. The number of carbonyl (C=O) groups is 1. The molecule has 0 unspecified atom stereocenters. The van der Waals surface area contributed by atoms with Crippen molar-refractivity contribution in [3.8, 4) is 5.69 Å². The molecule has 0 aliphatic carbocycles. The molecule has 1 heterocycles. The molecule has 21 heavy (non-hydrogen) atoms. The van der Waals surface area contributed by atoms with Crippen LogP contribution in [0.2, 0.25) is 5.02 Å². The summed E-state index contributed by atoms with van der Waals surface area (Å²) in [5.41, 5.74) is 1.23. The second kappa shape index (κ2) is 5.87. The Bertz CT molecular complexity index is 665. The van der Waals surface area contributed by atoms with Crippen molar-refractivity contribution >= 4 is 17.5 Å². The van der Waals surface area contributed by atoms with E-state index in [1.807, 2.05) is 19.1 Å². The van der Waals surface area contributed by atoms with Gasteiger partial charge in [-0.15, -0.1) is 0 Å². The lowest BCUT2D eigenvalue weighted by Crippen LogP contribution is -2.46. The minimum Gasteiger partial charge on any atom is -0.394 e. The summed E-state index contributed by atoms with van der Waals surface area (Å²) in [4.78, 5) is 12.2. The summed E-state index contributed by atoms with van der Waals surface area (Å²) in [6, 6.07) is 8.95. The molecule has 6 heteroatoms. The molecule has 0 fully saturated rings. The second-order valence-electron chi connectivity index (χ2n) is 5.56. The van der Waals surface area contributed by atoms with Crippen LogP contribution < -0.4 is 5.32 Å². The highest BCUT2D eigenvalue weighted by atomic mass is 35.5. The lowest BCUT2D eigenvalue weighted by atomic mass is 10.1. The molecular formula is C15H18ClN3O2. The molecule has 2 aromatic rings. The van der Waals surface area contributed by atoms with Crippen LogP contribution in [-0.4, -0.2) is 32.9 Å². The smallest absolute Gasteiger partial charge is 0.272 e. The molecule has 0 saturated heterocycles. The predicted molar refractivity (Wildman–Crippen MR) is 81.9 cm³/mol. The summed E-state index contributed by atoms with van der Waals surface area (Å²) < 4.78 is 1.66. The number of aliphatic hydroxyl groups is 1. The average molecular weight is 308 g/mol. The molecule has 0 radical (unpaired) electrons. The van der Waals surface area contributed by atoms with Crippen molar-refractivity contribution in [3.05, 3.63) is 46.7 Å². The van der Waals surface area contributed by atoms with Crippen LogP contribution in [0.3, 0.4) is 0 Å². The molecule has 1 aromatic heterocycles. The fourth-order valence-corrected chi connectivity index (χ4v) is 2.05. The fourth-order valence-electron chi connectivity index (χ4n) is 1.87. The van der Waals surface area contributed by atoms with Gasteiger partial charge in [-0.3, -0.25) is 4.79 Å². The van der Waals surface area contributed by atoms with E-state index >= 15 is 0 Å². The van der Waals surface area contributed by atoms with Gasteiger partial charge in [-0.2, -0.15) is 5.10 Å². The van der Waals surface area contributed by atoms with Crippen LogP contribution in [0.15, 0.2) is 30.3 Å². The molecule has 1 amide bonds. The Balaban J connectivity index is 2.29. The summed E-state index contributed by atoms with van der Waals surface area (Å²) >= 11 is 5.97. The highest BCUT2D eigenvalue weighted by Crippen LogP contribution is 2.17. The van der Waals surface area contributed by atoms with Crippen LogP contribution in [0.25, 0.3) is 5.69 Å². The Morgan fingerprint density at radius 3 is 2.76 bits per heavy atom. The third kappa shape index (κ3) is 3.62. The van der Waals surface area contributed by atoms with E-state index in [2.05, 4.69) is 10.4 Å². The number of hydrogen-bond acceptors (Lipinski definition) is 3. The van der Waals surface area contributed by atoms with E-state index in [0.29, 0.717) is 10.7 Å². The largest absolute Gasteiger partial charge is 0.394 e. The zero-order valence-corrected chi connectivity index (χ0v) is 13.0. The highest BCUT2D eigenvalue weighted by Gasteiger charge is 2.22. The van der Waals surface area contributed by atoms with Crippen molar-refractivity contribution in [1.29, 1.82) is 0 Å². The lowest BCUT2D eigenvalue weighted by molar-refractivity contribution is 0.0864. The maximum Gasteiger partial charge on any atom is 0.272 e. The van der Waals surface area contributed by atoms with Gasteiger partial charge in [-0.05, 0) is 45.0 Å². The SMILES string of the molecule is Cc1cc(C(=O)NC(C)(C)CO)nn1-c1cccc(Cl)c1. The van der Waals surface area contributed by atoms with Crippen LogP contribution in [-0.2, 0) is 0 Å². The number of aryl methyl sites for hydroxylation is 1. The van der Waals surface area contributed by atoms with Crippen molar-refractivity contribution in [2.75, 3.05) is 6.61 Å². The van der Waals surface area contributed by atoms with Gasteiger partial charge in [0.05, 0.1) is 17.8 Å². The van der Waals surface area contributed by atoms with Crippen LogP contribution >= 0.6 is 11.6 Å². The molecule has 0 atom stereocenters. The first kappa shape index (κ1) is 15.5. The number of aliphatic hydroxyl groups excluding tert-OH is 1. The highest BCUT2D eigenvalue weighted by molar-refractivity contribution is 6.30. The zero-order valence-electron chi connectivity index (χ0n) is 12.2. The van der Waals surface area contributed by atoms with Crippen molar-refractivity contribution in [1.82, 2.24) is 15.1 Å². The Morgan fingerprint density at radius 2 is 2.14 bits per heavy atom. The van der Waals surface area contributed by atoms with Gasteiger partial charge in [-0.25, -0.2) is 4.68 Å².